The highest BCUT2D eigenvalue weighted by Gasteiger charge is 2.32. The molecule has 0 saturated carbocycles. The molecule has 4 nitrogen and oxygen atoms in total. The van der Waals surface area contributed by atoms with Crippen LogP contribution in [0.25, 0.3) is 0 Å². The van der Waals surface area contributed by atoms with Crippen LogP contribution in [0.5, 0.6) is 0 Å². The normalized spacial score (nSPS) is 13.6. The molecule has 0 aromatic carbocycles. The third kappa shape index (κ3) is 2.95. The molecule has 4 heteroatoms. The van der Waals surface area contributed by atoms with E-state index < -0.39 is 0 Å². The minimum absolute atomic E-state index is 0.286. The van der Waals surface area contributed by atoms with Crippen molar-refractivity contribution in [1.82, 2.24) is 9.97 Å². The number of nitrogens with two attached hydrogens (primary N) is 1. The zero-order valence-electron chi connectivity index (χ0n) is 13.1. The van der Waals surface area contributed by atoms with Crippen LogP contribution in [0.1, 0.15) is 62.3 Å². The minimum atomic E-state index is -0.375. The molecular weight excluding hydrogens is 238 g/mol. The average Bonchev–Trinajstić information content (AvgIpc) is 2.40. The Kier molecular flexibility index (Phi) is 5.44. The summed E-state index contributed by atoms with van der Waals surface area (Å²) in [5.74, 6) is 1.08. The van der Waals surface area contributed by atoms with Crippen molar-refractivity contribution in [1.29, 1.82) is 0 Å². The third-order valence-electron chi connectivity index (χ3n) is 4.11. The molecule has 0 bridgehead atoms. The lowest BCUT2D eigenvalue weighted by Crippen LogP contribution is -2.30. The van der Waals surface area contributed by atoms with Gasteiger partial charge in [0.05, 0.1) is 0 Å². The van der Waals surface area contributed by atoms with Crippen LogP contribution in [0.15, 0.2) is 0 Å². The van der Waals surface area contributed by atoms with E-state index in [0.717, 1.165) is 30.1 Å². The maximum absolute atomic E-state index is 5.76. The van der Waals surface area contributed by atoms with Gasteiger partial charge in [-0.05, 0) is 44.7 Å². The molecule has 1 aromatic rings. The molecule has 1 aromatic heterocycles. The van der Waals surface area contributed by atoms with Gasteiger partial charge in [0.15, 0.2) is 5.82 Å². The van der Waals surface area contributed by atoms with Gasteiger partial charge in [-0.25, -0.2) is 9.97 Å². The van der Waals surface area contributed by atoms with E-state index >= 15 is 0 Å². The molecule has 1 rings (SSSR count). The Balaban J connectivity index is 3.35. The molecule has 0 aliphatic rings. The monoisotopic (exact) mass is 265 g/mol. The first-order valence-electron chi connectivity index (χ1n) is 7.06. The topological polar surface area (TPSA) is 61.0 Å². The molecule has 0 spiro atoms. The number of rotatable bonds is 6. The predicted molar refractivity (Wildman–Crippen MR) is 78.2 cm³/mol. The number of aromatic nitrogens is 2. The van der Waals surface area contributed by atoms with E-state index in [9.17, 15) is 0 Å². The van der Waals surface area contributed by atoms with Crippen molar-refractivity contribution < 1.29 is 4.74 Å². The number of hydrogen-bond acceptors (Lipinski definition) is 4. The van der Waals surface area contributed by atoms with Crippen LogP contribution in [0.2, 0.25) is 0 Å². The second kappa shape index (κ2) is 6.44. The van der Waals surface area contributed by atoms with Crippen molar-refractivity contribution in [2.75, 3.05) is 13.7 Å². The molecule has 1 unspecified atom stereocenters. The van der Waals surface area contributed by atoms with Crippen LogP contribution in [-0.2, 0) is 10.3 Å². The Labute approximate surface area is 116 Å². The van der Waals surface area contributed by atoms with Gasteiger partial charge in [0.1, 0.15) is 5.60 Å². The summed E-state index contributed by atoms with van der Waals surface area (Å²) in [6.45, 7) is 11.0. The molecule has 0 saturated heterocycles. The molecule has 1 atom stereocenters. The minimum Gasteiger partial charge on any atom is -0.370 e. The Bertz CT molecular complexity index is 396. The summed E-state index contributed by atoms with van der Waals surface area (Å²) in [5, 5.41) is 0. The van der Waals surface area contributed by atoms with Crippen molar-refractivity contribution in [3.05, 3.63) is 22.8 Å². The Morgan fingerprint density at radius 1 is 1.16 bits per heavy atom. The number of nitrogens with zero attached hydrogens (tertiary/aromatic N) is 2. The molecule has 1 heterocycles. The molecule has 0 amide bonds. The van der Waals surface area contributed by atoms with Crippen LogP contribution in [0.4, 0.5) is 0 Å². The Morgan fingerprint density at radius 2 is 1.63 bits per heavy atom. The van der Waals surface area contributed by atoms with Crippen LogP contribution in [-0.4, -0.2) is 23.6 Å². The van der Waals surface area contributed by atoms with E-state index in [1.165, 1.54) is 5.56 Å². The fraction of sp³-hybridized carbons (Fsp3) is 0.733. The third-order valence-corrected chi connectivity index (χ3v) is 4.11. The van der Waals surface area contributed by atoms with E-state index in [1.807, 2.05) is 13.8 Å². The lowest BCUT2D eigenvalue weighted by molar-refractivity contribution is -0.0294. The largest absolute Gasteiger partial charge is 0.370 e. The lowest BCUT2D eigenvalue weighted by Gasteiger charge is -2.29. The van der Waals surface area contributed by atoms with Crippen molar-refractivity contribution in [2.45, 2.75) is 59.0 Å². The molecule has 0 aliphatic heterocycles. The van der Waals surface area contributed by atoms with Gasteiger partial charge < -0.3 is 10.5 Å². The van der Waals surface area contributed by atoms with Crippen molar-refractivity contribution >= 4 is 0 Å². The summed E-state index contributed by atoms with van der Waals surface area (Å²) in [6, 6.07) is 0. The summed E-state index contributed by atoms with van der Waals surface area (Å²) < 4.78 is 5.71. The zero-order chi connectivity index (χ0) is 14.6. The van der Waals surface area contributed by atoms with Crippen molar-refractivity contribution in [3.63, 3.8) is 0 Å². The molecule has 2 N–H and O–H groups in total. The fourth-order valence-electron chi connectivity index (χ4n) is 2.71. The van der Waals surface area contributed by atoms with Gasteiger partial charge in [-0.2, -0.15) is 0 Å². The summed E-state index contributed by atoms with van der Waals surface area (Å²) >= 11 is 0. The van der Waals surface area contributed by atoms with Crippen LogP contribution in [0, 0.1) is 13.8 Å². The van der Waals surface area contributed by atoms with E-state index in [4.69, 9.17) is 20.4 Å². The van der Waals surface area contributed by atoms with Gasteiger partial charge in [-0.3, -0.25) is 0 Å². The average molecular weight is 265 g/mol. The van der Waals surface area contributed by atoms with Gasteiger partial charge in [0.2, 0.25) is 0 Å². The van der Waals surface area contributed by atoms with Gasteiger partial charge in [0.25, 0.3) is 0 Å². The summed E-state index contributed by atoms with van der Waals surface area (Å²) in [5.41, 5.74) is 8.59. The van der Waals surface area contributed by atoms with Gasteiger partial charge in [-0.15, -0.1) is 0 Å². The van der Waals surface area contributed by atoms with E-state index in [1.54, 1.807) is 7.11 Å². The summed E-state index contributed by atoms with van der Waals surface area (Å²) in [6.07, 6.45) is 1.73. The SMILES string of the molecule is CCC(CC)(OC)c1nc(C)c(C(C)CN)c(C)n1. The van der Waals surface area contributed by atoms with Gasteiger partial charge in [0, 0.05) is 18.5 Å². The van der Waals surface area contributed by atoms with Crippen LogP contribution >= 0.6 is 0 Å². The fourth-order valence-corrected chi connectivity index (χ4v) is 2.71. The quantitative estimate of drug-likeness (QED) is 0.859. The Morgan fingerprint density at radius 3 is 1.95 bits per heavy atom. The second-order valence-electron chi connectivity index (χ2n) is 5.17. The highest BCUT2D eigenvalue weighted by Crippen LogP contribution is 2.31. The van der Waals surface area contributed by atoms with E-state index in [2.05, 4.69) is 20.8 Å². The van der Waals surface area contributed by atoms with Gasteiger partial charge >= 0.3 is 0 Å². The Hall–Kier alpha value is -1.00. The first-order chi connectivity index (χ1) is 8.95. The second-order valence-corrected chi connectivity index (χ2v) is 5.17. The molecule has 19 heavy (non-hydrogen) atoms. The molecule has 0 fully saturated rings. The maximum atomic E-state index is 5.76. The van der Waals surface area contributed by atoms with Crippen LogP contribution in [0.3, 0.4) is 0 Å². The highest BCUT2D eigenvalue weighted by atomic mass is 16.5. The van der Waals surface area contributed by atoms with E-state index in [0.29, 0.717) is 6.54 Å². The molecule has 108 valence electrons. The van der Waals surface area contributed by atoms with E-state index in [-0.39, 0.29) is 11.5 Å². The number of ether oxygens (including phenoxy) is 1. The lowest BCUT2D eigenvalue weighted by atomic mass is 9.93. The highest BCUT2D eigenvalue weighted by molar-refractivity contribution is 5.29. The standard InChI is InChI=1S/C15H27N3O/c1-7-15(8-2,19-6)14-17-11(4)13(10(3)9-16)12(5)18-14/h10H,7-9,16H2,1-6H3. The summed E-state index contributed by atoms with van der Waals surface area (Å²) in [4.78, 5) is 9.39. The molecular formula is C15H27N3O. The number of aryl methyl sites for hydroxylation is 2. The van der Waals surface area contributed by atoms with Gasteiger partial charge in [-0.1, -0.05) is 20.8 Å². The maximum Gasteiger partial charge on any atom is 0.160 e. The number of hydrogen-bond donors (Lipinski definition) is 1. The predicted octanol–water partition coefficient (Wildman–Crippen LogP) is 2.82. The number of methoxy groups -OCH3 is 1. The molecule has 0 radical (unpaired) electrons. The first-order valence-corrected chi connectivity index (χ1v) is 7.06. The van der Waals surface area contributed by atoms with Crippen LogP contribution < -0.4 is 5.73 Å². The first kappa shape index (κ1) is 16.1. The molecule has 0 aliphatic carbocycles. The smallest absolute Gasteiger partial charge is 0.160 e. The zero-order valence-corrected chi connectivity index (χ0v) is 13.1. The van der Waals surface area contributed by atoms with Crippen molar-refractivity contribution in [3.8, 4) is 0 Å². The summed E-state index contributed by atoms with van der Waals surface area (Å²) in [7, 11) is 1.73. The van der Waals surface area contributed by atoms with Crippen molar-refractivity contribution in [2.24, 2.45) is 5.73 Å².